The number of aromatic nitrogens is 4. The number of amides is 1. The molecule has 0 unspecified atom stereocenters. The van der Waals surface area contributed by atoms with Gasteiger partial charge in [-0.3, -0.25) is 9.36 Å². The van der Waals surface area contributed by atoms with Gasteiger partial charge in [-0.15, -0.1) is 5.10 Å². The number of pyridine rings is 1. The van der Waals surface area contributed by atoms with Crippen LogP contribution in [-0.2, 0) is 16.6 Å². The average molecular weight is 472 g/mol. The number of allylic oxidation sites excluding steroid dienone is 3. The maximum absolute atomic E-state index is 15.4. The van der Waals surface area contributed by atoms with Gasteiger partial charge in [-0.2, -0.15) is 4.68 Å². The molecule has 0 aliphatic rings. The van der Waals surface area contributed by atoms with Crippen molar-refractivity contribution < 1.29 is 13.9 Å². The molecule has 1 amide bonds. The minimum atomic E-state index is -0.817. The van der Waals surface area contributed by atoms with Crippen molar-refractivity contribution in [2.24, 2.45) is 13.0 Å². The second-order valence-electron chi connectivity index (χ2n) is 8.91. The molecule has 34 heavy (non-hydrogen) atoms. The van der Waals surface area contributed by atoms with Crippen LogP contribution in [0.25, 0.3) is 5.70 Å². The minimum Gasteiger partial charge on any atom is -0.491 e. The van der Waals surface area contributed by atoms with E-state index in [0.717, 1.165) is 17.2 Å². The molecule has 0 saturated carbocycles. The summed E-state index contributed by atoms with van der Waals surface area (Å²) in [6.07, 6.45) is 3.03. The van der Waals surface area contributed by atoms with Crippen LogP contribution in [0.2, 0.25) is 0 Å². The van der Waals surface area contributed by atoms with Gasteiger partial charge in [0, 0.05) is 19.2 Å². The van der Waals surface area contributed by atoms with Gasteiger partial charge in [0.05, 0.1) is 17.4 Å². The predicted molar refractivity (Wildman–Crippen MR) is 132 cm³/mol. The summed E-state index contributed by atoms with van der Waals surface area (Å²) in [5.41, 5.74) is -0.658. The summed E-state index contributed by atoms with van der Waals surface area (Å²) in [5.74, 6) is -0.291. The molecule has 9 heteroatoms. The third kappa shape index (κ3) is 6.76. The van der Waals surface area contributed by atoms with E-state index >= 15 is 4.39 Å². The third-order valence-electron chi connectivity index (χ3n) is 5.06. The Morgan fingerprint density at radius 1 is 1.26 bits per heavy atom. The fraction of sp³-hybridized carbons (Fsp3) is 0.440. The second kappa shape index (κ2) is 11.6. The Bertz CT molecular complexity index is 1140. The van der Waals surface area contributed by atoms with E-state index < -0.39 is 17.4 Å². The molecule has 0 spiro atoms. The molecule has 2 aromatic heterocycles. The lowest BCUT2D eigenvalue weighted by Gasteiger charge is -2.19. The number of hydrogen-bond donors (Lipinski definition) is 1. The maximum atomic E-state index is 15.4. The Hall–Kier alpha value is -3.49. The largest absolute Gasteiger partial charge is 0.491 e. The SMILES string of the molecule is C=C(O[C@@H](C)CC(C)C)/C(=C\C(F)=C(/C)n1nc(C(C)C)n(C)c1=O)C(=O)Nc1ccccn1. The van der Waals surface area contributed by atoms with Gasteiger partial charge in [-0.05, 0) is 44.4 Å². The molecule has 2 heterocycles. The van der Waals surface area contributed by atoms with E-state index in [0.29, 0.717) is 17.6 Å². The maximum Gasteiger partial charge on any atom is 0.350 e. The summed E-state index contributed by atoms with van der Waals surface area (Å²) >= 11 is 0. The van der Waals surface area contributed by atoms with Gasteiger partial charge < -0.3 is 10.1 Å². The molecule has 1 atom stereocenters. The smallest absolute Gasteiger partial charge is 0.350 e. The summed E-state index contributed by atoms with van der Waals surface area (Å²) < 4.78 is 23.5. The molecule has 0 aliphatic heterocycles. The first kappa shape index (κ1) is 26.8. The van der Waals surface area contributed by atoms with Crippen LogP contribution in [0.15, 0.2) is 59.0 Å². The molecule has 0 fully saturated rings. The number of anilines is 1. The topological polar surface area (TPSA) is 91.0 Å². The lowest BCUT2D eigenvalue weighted by atomic mass is 10.1. The Labute approximate surface area is 199 Å². The predicted octanol–water partition coefficient (Wildman–Crippen LogP) is 4.79. The molecule has 8 nitrogen and oxygen atoms in total. The van der Waals surface area contributed by atoms with E-state index in [1.165, 1.54) is 17.7 Å². The van der Waals surface area contributed by atoms with Crippen LogP contribution in [0.4, 0.5) is 10.2 Å². The first-order valence-corrected chi connectivity index (χ1v) is 11.2. The highest BCUT2D eigenvalue weighted by Crippen LogP contribution is 2.22. The van der Waals surface area contributed by atoms with Crippen molar-refractivity contribution in [3.8, 4) is 0 Å². The van der Waals surface area contributed by atoms with Crippen molar-refractivity contribution in [3.63, 3.8) is 0 Å². The molecule has 2 rings (SSSR count). The number of carbonyl (C=O) groups is 1. The van der Waals surface area contributed by atoms with Crippen molar-refractivity contribution in [3.05, 3.63) is 70.5 Å². The van der Waals surface area contributed by atoms with E-state index in [1.807, 2.05) is 20.8 Å². The number of nitrogens with zero attached hydrogens (tertiary/aromatic N) is 4. The highest BCUT2D eigenvalue weighted by atomic mass is 19.1. The summed E-state index contributed by atoms with van der Waals surface area (Å²) in [4.78, 5) is 29.7. The first-order valence-electron chi connectivity index (χ1n) is 11.2. The monoisotopic (exact) mass is 471 g/mol. The van der Waals surface area contributed by atoms with Crippen molar-refractivity contribution in [1.82, 2.24) is 19.3 Å². The number of halogens is 1. The van der Waals surface area contributed by atoms with Gasteiger partial charge in [-0.1, -0.05) is 40.3 Å². The molecule has 2 aromatic rings. The fourth-order valence-corrected chi connectivity index (χ4v) is 3.42. The Morgan fingerprint density at radius 3 is 2.47 bits per heavy atom. The van der Waals surface area contributed by atoms with E-state index in [-0.39, 0.29) is 29.1 Å². The van der Waals surface area contributed by atoms with Crippen molar-refractivity contribution in [2.45, 2.75) is 60.0 Å². The summed E-state index contributed by atoms with van der Waals surface area (Å²) in [6.45, 7) is 15.0. The molecule has 1 N–H and O–H groups in total. The van der Waals surface area contributed by atoms with Crippen LogP contribution in [0, 0.1) is 5.92 Å². The summed E-state index contributed by atoms with van der Waals surface area (Å²) in [5, 5.41) is 6.88. The zero-order valence-corrected chi connectivity index (χ0v) is 20.9. The van der Waals surface area contributed by atoms with Crippen LogP contribution in [-0.4, -0.2) is 31.3 Å². The third-order valence-corrected chi connectivity index (χ3v) is 5.06. The standard InChI is InChI=1S/C25H34FN5O3/c1-15(2)13-17(5)34-19(7)20(24(32)28-22-11-9-10-12-27-22)14-21(26)18(6)31-25(33)30(8)23(29-31)16(3)4/h9-12,14-17H,7,13H2,1-6,8H3,(H,27,28,32)/b20-14+,21-18-/t17-/m0/s1. The molecule has 0 saturated heterocycles. The zero-order valence-electron chi connectivity index (χ0n) is 20.9. The first-order chi connectivity index (χ1) is 15.9. The Balaban J connectivity index is 2.48. The number of rotatable bonds is 10. The molecule has 0 aromatic carbocycles. The average Bonchev–Trinajstić information content (AvgIpc) is 3.05. The van der Waals surface area contributed by atoms with Crippen LogP contribution < -0.4 is 11.0 Å². The molecular formula is C25H34FN5O3. The number of carbonyl (C=O) groups excluding carboxylic acids is 1. The Morgan fingerprint density at radius 2 is 1.94 bits per heavy atom. The fourth-order valence-electron chi connectivity index (χ4n) is 3.42. The van der Waals surface area contributed by atoms with Gasteiger partial charge in [0.2, 0.25) is 0 Å². The Kier molecular flexibility index (Phi) is 9.11. The highest BCUT2D eigenvalue weighted by Gasteiger charge is 2.21. The normalized spacial score (nSPS) is 13.6. The van der Waals surface area contributed by atoms with E-state index in [1.54, 1.807) is 25.2 Å². The number of ether oxygens (including phenoxy) is 1. The van der Waals surface area contributed by atoms with Crippen LogP contribution in [0.1, 0.15) is 59.7 Å². The molecular weight excluding hydrogens is 437 g/mol. The summed E-state index contributed by atoms with van der Waals surface area (Å²) in [6, 6.07) is 5.04. The van der Waals surface area contributed by atoms with Crippen molar-refractivity contribution >= 4 is 17.4 Å². The van der Waals surface area contributed by atoms with Crippen LogP contribution in [0.5, 0.6) is 0 Å². The number of nitrogens with one attached hydrogen (secondary N) is 1. The van der Waals surface area contributed by atoms with E-state index in [4.69, 9.17) is 4.74 Å². The van der Waals surface area contributed by atoms with E-state index in [9.17, 15) is 9.59 Å². The van der Waals surface area contributed by atoms with Gasteiger partial charge in [0.25, 0.3) is 5.91 Å². The quantitative estimate of drug-likeness (QED) is 0.306. The molecule has 0 bridgehead atoms. The molecule has 0 aliphatic carbocycles. The lowest BCUT2D eigenvalue weighted by molar-refractivity contribution is -0.113. The van der Waals surface area contributed by atoms with Crippen molar-refractivity contribution in [2.75, 3.05) is 5.32 Å². The second-order valence-corrected chi connectivity index (χ2v) is 8.91. The highest BCUT2D eigenvalue weighted by molar-refractivity contribution is 6.06. The molecule has 184 valence electrons. The van der Waals surface area contributed by atoms with Gasteiger partial charge >= 0.3 is 5.69 Å². The van der Waals surface area contributed by atoms with Gasteiger partial charge in [0.1, 0.15) is 23.2 Å². The van der Waals surface area contributed by atoms with Crippen LogP contribution in [0.3, 0.4) is 0 Å². The molecule has 0 radical (unpaired) electrons. The summed E-state index contributed by atoms with van der Waals surface area (Å²) in [7, 11) is 1.58. The van der Waals surface area contributed by atoms with Crippen LogP contribution >= 0.6 is 0 Å². The van der Waals surface area contributed by atoms with Gasteiger partial charge in [-0.25, -0.2) is 14.2 Å². The van der Waals surface area contributed by atoms with Gasteiger partial charge in [0.15, 0.2) is 0 Å². The minimum absolute atomic E-state index is 0.0146. The number of hydrogen-bond acceptors (Lipinski definition) is 5. The van der Waals surface area contributed by atoms with Crippen molar-refractivity contribution in [1.29, 1.82) is 0 Å². The zero-order chi connectivity index (χ0) is 25.6. The lowest BCUT2D eigenvalue weighted by Crippen LogP contribution is -2.23. The van der Waals surface area contributed by atoms with E-state index in [2.05, 4.69) is 35.8 Å².